The van der Waals surface area contributed by atoms with Crippen molar-refractivity contribution < 1.29 is 23.5 Å². The van der Waals surface area contributed by atoms with Gasteiger partial charge in [0.1, 0.15) is 11.8 Å². The van der Waals surface area contributed by atoms with Crippen LogP contribution in [0.25, 0.3) is 11.2 Å². The van der Waals surface area contributed by atoms with Crippen LogP contribution in [0.15, 0.2) is 12.7 Å². The zero-order valence-corrected chi connectivity index (χ0v) is 22.5. The predicted octanol–water partition coefficient (Wildman–Crippen LogP) is 2.19. The molecule has 13 heteroatoms. The van der Waals surface area contributed by atoms with Crippen molar-refractivity contribution in [2.75, 3.05) is 25.9 Å². The maximum absolute atomic E-state index is 12.6. The molecular weight excluding hydrogens is 470 g/mol. The van der Waals surface area contributed by atoms with Crippen molar-refractivity contribution in [3.8, 4) is 0 Å². The second-order valence-electron chi connectivity index (χ2n) is 10.1. The summed E-state index contributed by atoms with van der Waals surface area (Å²) in [7, 11) is -0.782. The van der Waals surface area contributed by atoms with Crippen molar-refractivity contribution in [1.82, 2.24) is 30.2 Å². The van der Waals surface area contributed by atoms with Gasteiger partial charge in [0.15, 0.2) is 26.0 Å². The van der Waals surface area contributed by atoms with E-state index < -0.39 is 26.8 Å². The number of carbonyl (C=O) groups excluding carboxylic acids is 2. The SMILES string of the molecule is CCOC(=O)CC1C(CNC(=O)NC)OC(n2cnc3c(N)ncnc32)C1O[Si](C)(C)C(C)(C)C. The maximum Gasteiger partial charge on any atom is 0.314 e. The number of aromatic nitrogens is 4. The third-order valence-electron chi connectivity index (χ3n) is 6.79. The molecule has 35 heavy (non-hydrogen) atoms. The first-order chi connectivity index (χ1) is 16.4. The number of hydrogen-bond donors (Lipinski definition) is 3. The Morgan fingerprint density at radius 1 is 1.26 bits per heavy atom. The highest BCUT2D eigenvalue weighted by Crippen LogP contribution is 2.45. The van der Waals surface area contributed by atoms with Crippen molar-refractivity contribution in [2.45, 2.75) is 70.7 Å². The minimum Gasteiger partial charge on any atom is -0.466 e. The van der Waals surface area contributed by atoms with E-state index in [1.165, 1.54) is 13.4 Å². The molecule has 3 rings (SSSR count). The van der Waals surface area contributed by atoms with Crippen LogP contribution >= 0.6 is 0 Å². The smallest absolute Gasteiger partial charge is 0.314 e. The Labute approximate surface area is 206 Å². The van der Waals surface area contributed by atoms with Gasteiger partial charge in [-0.25, -0.2) is 19.7 Å². The van der Waals surface area contributed by atoms with Gasteiger partial charge < -0.3 is 30.3 Å². The van der Waals surface area contributed by atoms with Crippen LogP contribution in [0.1, 0.15) is 40.3 Å². The number of nitrogen functional groups attached to an aromatic ring is 1. The predicted molar refractivity (Wildman–Crippen MR) is 133 cm³/mol. The van der Waals surface area contributed by atoms with Crippen LogP contribution in [-0.2, 0) is 18.7 Å². The van der Waals surface area contributed by atoms with Gasteiger partial charge in [0.05, 0.1) is 31.6 Å². The van der Waals surface area contributed by atoms with E-state index in [2.05, 4.69) is 59.5 Å². The van der Waals surface area contributed by atoms with Gasteiger partial charge in [-0.05, 0) is 25.1 Å². The minimum absolute atomic E-state index is 0.0769. The van der Waals surface area contributed by atoms with E-state index in [9.17, 15) is 9.59 Å². The molecule has 0 aromatic carbocycles. The molecule has 0 radical (unpaired) electrons. The zero-order chi connectivity index (χ0) is 26.0. The molecule has 2 amide bonds. The summed E-state index contributed by atoms with van der Waals surface area (Å²) in [6.07, 6.45) is 1.35. The number of amides is 2. The van der Waals surface area contributed by atoms with Gasteiger partial charge in [-0.2, -0.15) is 0 Å². The fourth-order valence-electron chi connectivity index (χ4n) is 3.86. The van der Waals surface area contributed by atoms with Crippen molar-refractivity contribution >= 4 is 37.3 Å². The summed E-state index contributed by atoms with van der Waals surface area (Å²) in [5.41, 5.74) is 6.96. The van der Waals surface area contributed by atoms with Crippen molar-refractivity contribution in [3.05, 3.63) is 12.7 Å². The largest absolute Gasteiger partial charge is 0.466 e. The molecule has 0 aliphatic carbocycles. The third kappa shape index (κ3) is 5.73. The molecular formula is C22H37N7O5Si. The number of fused-ring (bicyclic) bond motifs is 1. The molecule has 12 nitrogen and oxygen atoms in total. The molecule has 4 unspecified atom stereocenters. The molecule has 2 aromatic heterocycles. The number of hydrogen-bond acceptors (Lipinski definition) is 9. The van der Waals surface area contributed by atoms with Crippen LogP contribution in [0.3, 0.4) is 0 Å². The number of urea groups is 1. The average Bonchev–Trinajstić information content (AvgIpc) is 3.34. The lowest BCUT2D eigenvalue weighted by atomic mass is 9.94. The Morgan fingerprint density at radius 2 is 1.97 bits per heavy atom. The van der Waals surface area contributed by atoms with Crippen LogP contribution in [0.4, 0.5) is 10.6 Å². The summed E-state index contributed by atoms with van der Waals surface area (Å²) in [5.74, 6) is -0.478. The van der Waals surface area contributed by atoms with Gasteiger partial charge in [0.25, 0.3) is 0 Å². The highest BCUT2D eigenvalue weighted by Gasteiger charge is 2.51. The normalized spacial score (nSPS) is 22.8. The van der Waals surface area contributed by atoms with Gasteiger partial charge in [-0.3, -0.25) is 9.36 Å². The van der Waals surface area contributed by atoms with Crippen molar-refractivity contribution in [3.63, 3.8) is 0 Å². The lowest BCUT2D eigenvalue weighted by molar-refractivity contribution is -0.145. The quantitative estimate of drug-likeness (QED) is 0.360. The van der Waals surface area contributed by atoms with Gasteiger partial charge in [0, 0.05) is 19.5 Å². The Hall–Kier alpha value is -2.77. The van der Waals surface area contributed by atoms with Crippen LogP contribution in [0.5, 0.6) is 0 Å². The second-order valence-corrected chi connectivity index (χ2v) is 14.9. The highest BCUT2D eigenvalue weighted by molar-refractivity contribution is 6.74. The number of nitrogens with zero attached hydrogens (tertiary/aromatic N) is 4. The monoisotopic (exact) mass is 507 g/mol. The number of anilines is 1. The standard InChI is InChI=1S/C22H37N7O5Si/c1-8-32-15(30)9-13-14(10-25-21(31)24-5)33-20(17(13)34-35(6,7)22(2,3)4)29-12-28-16-18(23)26-11-27-19(16)29/h11-14,17,20H,8-10H2,1-7H3,(H2,23,26,27)(H2,24,25,31). The van der Waals surface area contributed by atoms with Gasteiger partial charge >= 0.3 is 12.0 Å². The summed E-state index contributed by atoms with van der Waals surface area (Å²) in [4.78, 5) is 37.3. The molecule has 4 N–H and O–H groups in total. The summed E-state index contributed by atoms with van der Waals surface area (Å²) in [6.45, 7) is 13.0. The first kappa shape index (κ1) is 26.8. The topological polar surface area (TPSA) is 156 Å². The lowest BCUT2D eigenvalue weighted by Gasteiger charge is -2.40. The van der Waals surface area contributed by atoms with E-state index in [4.69, 9.17) is 19.6 Å². The lowest BCUT2D eigenvalue weighted by Crippen LogP contribution is -2.48. The number of nitrogens with one attached hydrogen (secondary N) is 2. The molecule has 1 aliphatic rings. The highest BCUT2D eigenvalue weighted by atomic mass is 28.4. The maximum atomic E-state index is 12.6. The minimum atomic E-state index is -2.32. The van der Waals surface area contributed by atoms with Gasteiger partial charge in [0.2, 0.25) is 0 Å². The average molecular weight is 508 g/mol. The molecule has 0 bridgehead atoms. The molecule has 4 atom stereocenters. The molecule has 0 saturated carbocycles. The Bertz CT molecular complexity index is 1050. The molecule has 0 spiro atoms. The van der Waals surface area contributed by atoms with Crippen LogP contribution in [-0.4, -0.2) is 72.2 Å². The fraction of sp³-hybridized carbons (Fsp3) is 0.682. The van der Waals surface area contributed by atoms with E-state index in [-0.39, 0.29) is 48.3 Å². The number of carbonyl (C=O) groups is 2. The number of imidazole rings is 1. The van der Waals surface area contributed by atoms with Crippen LogP contribution in [0, 0.1) is 5.92 Å². The van der Waals surface area contributed by atoms with Crippen LogP contribution < -0.4 is 16.4 Å². The third-order valence-corrected chi connectivity index (χ3v) is 11.3. The number of esters is 1. The molecule has 1 saturated heterocycles. The summed E-state index contributed by atoms with van der Waals surface area (Å²) < 4.78 is 20.4. The first-order valence-electron chi connectivity index (χ1n) is 11.8. The first-order valence-corrected chi connectivity index (χ1v) is 14.7. The molecule has 2 aromatic rings. The van der Waals surface area contributed by atoms with Gasteiger partial charge in [-0.1, -0.05) is 20.8 Å². The number of nitrogens with two attached hydrogens (primary N) is 1. The summed E-state index contributed by atoms with van der Waals surface area (Å²) in [6, 6.07) is -0.345. The van der Waals surface area contributed by atoms with Crippen molar-refractivity contribution in [2.24, 2.45) is 5.92 Å². The Kier molecular flexibility index (Phi) is 8.02. The second kappa shape index (κ2) is 10.5. The van der Waals surface area contributed by atoms with E-state index in [1.807, 2.05) is 0 Å². The Balaban J connectivity index is 2.06. The Morgan fingerprint density at radius 3 is 2.60 bits per heavy atom. The van der Waals surface area contributed by atoms with Gasteiger partial charge in [-0.15, -0.1) is 0 Å². The van der Waals surface area contributed by atoms with E-state index in [0.29, 0.717) is 11.2 Å². The van der Waals surface area contributed by atoms with E-state index in [1.54, 1.807) is 17.8 Å². The van der Waals surface area contributed by atoms with Crippen LogP contribution in [0.2, 0.25) is 18.1 Å². The number of ether oxygens (including phenoxy) is 2. The number of rotatable bonds is 8. The summed E-state index contributed by atoms with van der Waals surface area (Å²) in [5, 5.41) is 5.24. The van der Waals surface area contributed by atoms with E-state index >= 15 is 0 Å². The molecule has 194 valence electrons. The fourth-order valence-corrected chi connectivity index (χ4v) is 5.19. The summed E-state index contributed by atoms with van der Waals surface area (Å²) >= 11 is 0. The zero-order valence-electron chi connectivity index (χ0n) is 21.5. The molecule has 1 aliphatic heterocycles. The van der Waals surface area contributed by atoms with E-state index in [0.717, 1.165) is 0 Å². The van der Waals surface area contributed by atoms with Crippen molar-refractivity contribution in [1.29, 1.82) is 0 Å². The molecule has 3 heterocycles. The molecule has 1 fully saturated rings.